The first-order chi connectivity index (χ1) is 9.84. The first kappa shape index (κ1) is 11.7. The van der Waals surface area contributed by atoms with Gasteiger partial charge in [0, 0.05) is 23.2 Å². The minimum Gasteiger partial charge on any atom is -0.347 e. The Kier molecular flexibility index (Phi) is 2.44. The van der Waals surface area contributed by atoms with Crippen LogP contribution in [0.3, 0.4) is 0 Å². The predicted molar refractivity (Wildman–Crippen MR) is 75.3 cm³/mol. The lowest BCUT2D eigenvalue weighted by atomic mass is 9.92. The van der Waals surface area contributed by atoms with Crippen molar-refractivity contribution in [2.75, 3.05) is 13.2 Å². The molecule has 2 aromatic rings. The second kappa shape index (κ2) is 4.18. The molecule has 2 heterocycles. The molecule has 0 bridgehead atoms. The van der Waals surface area contributed by atoms with Crippen molar-refractivity contribution >= 4 is 5.91 Å². The van der Waals surface area contributed by atoms with E-state index in [9.17, 15) is 4.79 Å². The van der Waals surface area contributed by atoms with Crippen molar-refractivity contribution in [1.82, 2.24) is 4.90 Å². The van der Waals surface area contributed by atoms with Gasteiger partial charge in [0.05, 0.1) is 6.61 Å². The molecule has 0 aromatic heterocycles. The van der Waals surface area contributed by atoms with Gasteiger partial charge in [-0.25, -0.2) is 0 Å². The highest BCUT2D eigenvalue weighted by Crippen LogP contribution is 2.46. The van der Waals surface area contributed by atoms with Crippen LogP contribution in [0.1, 0.15) is 27.9 Å². The van der Waals surface area contributed by atoms with Gasteiger partial charge in [-0.05, 0) is 12.5 Å². The molecular formula is C17H15NO2. The fraction of sp³-hybridized carbons (Fsp3) is 0.235. The number of rotatable bonds is 1. The highest BCUT2D eigenvalue weighted by molar-refractivity contribution is 6.00. The van der Waals surface area contributed by atoms with E-state index in [1.807, 2.05) is 59.5 Å². The van der Waals surface area contributed by atoms with Gasteiger partial charge in [0.1, 0.15) is 0 Å². The highest BCUT2D eigenvalue weighted by Gasteiger charge is 2.53. The van der Waals surface area contributed by atoms with Gasteiger partial charge >= 0.3 is 0 Å². The molecule has 2 aromatic carbocycles. The molecule has 1 atom stereocenters. The maximum Gasteiger partial charge on any atom is 0.257 e. The van der Waals surface area contributed by atoms with Gasteiger partial charge in [-0.1, -0.05) is 48.5 Å². The molecule has 2 aliphatic rings. The molecule has 20 heavy (non-hydrogen) atoms. The summed E-state index contributed by atoms with van der Waals surface area (Å²) in [5.74, 6) is 0.0733. The van der Waals surface area contributed by atoms with Crippen LogP contribution in [0.2, 0.25) is 0 Å². The van der Waals surface area contributed by atoms with Crippen molar-refractivity contribution in [2.45, 2.75) is 12.1 Å². The average molecular weight is 265 g/mol. The summed E-state index contributed by atoms with van der Waals surface area (Å²) >= 11 is 0. The number of hydrogen-bond donors (Lipinski definition) is 0. The van der Waals surface area contributed by atoms with Crippen LogP contribution in [-0.4, -0.2) is 24.0 Å². The molecule has 2 aliphatic heterocycles. The smallest absolute Gasteiger partial charge is 0.257 e. The SMILES string of the molecule is O=C1c2ccccc2C2(c3ccccc3)OCCCN12. The lowest BCUT2D eigenvalue weighted by molar-refractivity contribution is -0.137. The van der Waals surface area contributed by atoms with E-state index in [-0.39, 0.29) is 5.91 Å². The Balaban J connectivity index is 2.01. The second-order valence-corrected chi connectivity index (χ2v) is 5.21. The van der Waals surface area contributed by atoms with Crippen molar-refractivity contribution in [3.8, 4) is 0 Å². The summed E-state index contributed by atoms with van der Waals surface area (Å²) in [5.41, 5.74) is 2.03. The van der Waals surface area contributed by atoms with Crippen LogP contribution in [0.5, 0.6) is 0 Å². The first-order valence-electron chi connectivity index (χ1n) is 6.95. The van der Waals surface area contributed by atoms with Crippen LogP contribution in [0.25, 0.3) is 0 Å². The van der Waals surface area contributed by atoms with Gasteiger partial charge < -0.3 is 9.64 Å². The number of nitrogens with zero attached hydrogens (tertiary/aromatic N) is 1. The second-order valence-electron chi connectivity index (χ2n) is 5.21. The van der Waals surface area contributed by atoms with Gasteiger partial charge in [0.25, 0.3) is 5.91 Å². The van der Waals surface area contributed by atoms with E-state index in [1.165, 1.54) is 0 Å². The van der Waals surface area contributed by atoms with E-state index >= 15 is 0 Å². The predicted octanol–water partition coefficient (Wildman–Crippen LogP) is 2.76. The molecule has 1 unspecified atom stereocenters. The molecule has 4 rings (SSSR count). The maximum absolute atomic E-state index is 12.7. The average Bonchev–Trinajstić information content (AvgIpc) is 2.80. The Morgan fingerprint density at radius 3 is 2.60 bits per heavy atom. The van der Waals surface area contributed by atoms with E-state index in [0.29, 0.717) is 6.61 Å². The number of hydrogen-bond acceptors (Lipinski definition) is 2. The van der Waals surface area contributed by atoms with Gasteiger partial charge in [-0.15, -0.1) is 0 Å². The van der Waals surface area contributed by atoms with Crippen molar-refractivity contribution in [2.24, 2.45) is 0 Å². The Hall–Kier alpha value is -2.13. The number of carbonyl (C=O) groups excluding carboxylic acids is 1. The number of amides is 1. The number of carbonyl (C=O) groups is 1. The largest absolute Gasteiger partial charge is 0.347 e. The van der Waals surface area contributed by atoms with E-state index in [4.69, 9.17) is 4.74 Å². The minimum absolute atomic E-state index is 0.0733. The van der Waals surface area contributed by atoms with Crippen molar-refractivity contribution < 1.29 is 9.53 Å². The molecule has 0 N–H and O–H groups in total. The van der Waals surface area contributed by atoms with Crippen LogP contribution in [0.4, 0.5) is 0 Å². The van der Waals surface area contributed by atoms with E-state index < -0.39 is 5.72 Å². The first-order valence-corrected chi connectivity index (χ1v) is 6.95. The van der Waals surface area contributed by atoms with Crippen molar-refractivity contribution in [3.63, 3.8) is 0 Å². The van der Waals surface area contributed by atoms with Gasteiger partial charge in [0.15, 0.2) is 5.72 Å². The van der Waals surface area contributed by atoms with E-state index in [2.05, 4.69) is 0 Å². The fourth-order valence-electron chi connectivity index (χ4n) is 3.31. The molecular weight excluding hydrogens is 250 g/mol. The molecule has 1 saturated heterocycles. The van der Waals surface area contributed by atoms with Crippen LogP contribution in [-0.2, 0) is 10.5 Å². The summed E-state index contributed by atoms with van der Waals surface area (Å²) in [6.45, 7) is 1.41. The molecule has 0 aliphatic carbocycles. The Labute approximate surface area is 117 Å². The normalized spacial score (nSPS) is 24.4. The molecule has 1 fully saturated rings. The van der Waals surface area contributed by atoms with Gasteiger partial charge in [-0.2, -0.15) is 0 Å². The van der Waals surface area contributed by atoms with Crippen LogP contribution < -0.4 is 0 Å². The monoisotopic (exact) mass is 265 g/mol. The zero-order valence-corrected chi connectivity index (χ0v) is 11.1. The Morgan fingerprint density at radius 2 is 1.75 bits per heavy atom. The molecule has 100 valence electrons. The molecule has 3 heteroatoms. The van der Waals surface area contributed by atoms with Crippen LogP contribution in [0, 0.1) is 0 Å². The lowest BCUT2D eigenvalue weighted by Gasteiger charge is -2.42. The van der Waals surface area contributed by atoms with Crippen LogP contribution in [0.15, 0.2) is 54.6 Å². The summed E-state index contributed by atoms with van der Waals surface area (Å²) in [7, 11) is 0. The minimum atomic E-state index is -0.729. The summed E-state index contributed by atoms with van der Waals surface area (Å²) in [6, 6.07) is 17.8. The third kappa shape index (κ3) is 1.36. The van der Waals surface area contributed by atoms with E-state index in [1.54, 1.807) is 0 Å². The van der Waals surface area contributed by atoms with Gasteiger partial charge in [-0.3, -0.25) is 4.79 Å². The van der Waals surface area contributed by atoms with Gasteiger partial charge in [0.2, 0.25) is 0 Å². The third-order valence-electron chi connectivity index (χ3n) is 4.15. The Bertz CT molecular complexity index is 668. The Morgan fingerprint density at radius 1 is 1.00 bits per heavy atom. The zero-order chi connectivity index (χ0) is 13.6. The van der Waals surface area contributed by atoms with Crippen molar-refractivity contribution in [3.05, 3.63) is 71.3 Å². The standard InChI is InChI=1S/C17H15NO2/c19-16-14-9-4-5-10-15(14)17(13-7-2-1-3-8-13)18(16)11-6-12-20-17/h1-5,7-10H,6,11-12H2. The lowest BCUT2D eigenvalue weighted by Crippen LogP contribution is -2.50. The van der Waals surface area contributed by atoms with E-state index in [0.717, 1.165) is 29.7 Å². The maximum atomic E-state index is 12.7. The zero-order valence-electron chi connectivity index (χ0n) is 11.1. The molecule has 0 radical (unpaired) electrons. The quantitative estimate of drug-likeness (QED) is 0.793. The topological polar surface area (TPSA) is 29.5 Å². The van der Waals surface area contributed by atoms with Crippen LogP contribution >= 0.6 is 0 Å². The third-order valence-corrected chi connectivity index (χ3v) is 4.15. The fourth-order valence-corrected chi connectivity index (χ4v) is 3.31. The summed E-state index contributed by atoms with van der Waals surface area (Å²) < 4.78 is 6.18. The molecule has 0 spiro atoms. The number of ether oxygens (including phenoxy) is 1. The van der Waals surface area contributed by atoms with Crippen molar-refractivity contribution in [1.29, 1.82) is 0 Å². The number of fused-ring (bicyclic) bond motifs is 3. The number of benzene rings is 2. The summed E-state index contributed by atoms with van der Waals surface area (Å²) in [4.78, 5) is 14.5. The summed E-state index contributed by atoms with van der Waals surface area (Å²) in [6.07, 6.45) is 0.883. The summed E-state index contributed by atoms with van der Waals surface area (Å²) in [5, 5.41) is 0. The molecule has 1 amide bonds. The highest BCUT2D eigenvalue weighted by atomic mass is 16.5. The molecule has 0 saturated carbocycles. The molecule has 3 nitrogen and oxygen atoms in total.